The molecule has 3 heterocycles. The van der Waals surface area contributed by atoms with Gasteiger partial charge in [-0.25, -0.2) is 4.79 Å². The average molecular weight is 687 g/mol. The molecule has 5 aromatic rings. The summed E-state index contributed by atoms with van der Waals surface area (Å²) in [6.45, 7) is 0. The molecule has 10 heteroatoms. The number of nitrogens with zero attached hydrogens (tertiary/aromatic N) is 3. The lowest BCUT2D eigenvalue weighted by atomic mass is 9.77. The van der Waals surface area contributed by atoms with Crippen molar-refractivity contribution < 1.29 is 19.5 Å². The maximum Gasteiger partial charge on any atom is 0.353 e. The SMILES string of the molecule is O=C(Cc1ccccc1)N[C@@H]1C(=O)N2C(C(=O)O)=C(SCCc3cnn(C(c4ccccc4)(c4ccccc4)c4ccccc4)c3)CS[C@@H]12. The monoisotopic (exact) mass is 686 g/mol. The number of nitrogens with one attached hydrogen (secondary N) is 1. The van der Waals surface area contributed by atoms with Gasteiger partial charge in [0.15, 0.2) is 0 Å². The van der Waals surface area contributed by atoms with Crippen LogP contribution in [-0.4, -0.2) is 60.5 Å². The zero-order valence-corrected chi connectivity index (χ0v) is 28.1. The number of aliphatic carboxylic acids is 1. The Morgan fingerprint density at radius 2 is 1.39 bits per heavy atom. The van der Waals surface area contributed by atoms with Crippen LogP contribution in [0.3, 0.4) is 0 Å². The van der Waals surface area contributed by atoms with Gasteiger partial charge in [0, 0.05) is 22.6 Å². The lowest BCUT2D eigenvalue weighted by molar-refractivity contribution is -0.150. The summed E-state index contributed by atoms with van der Waals surface area (Å²) in [6, 6.07) is 39.6. The molecule has 1 aromatic heterocycles. The Kier molecular flexibility index (Phi) is 9.41. The molecule has 2 aliphatic heterocycles. The maximum atomic E-state index is 13.2. The van der Waals surface area contributed by atoms with Crippen molar-refractivity contribution in [2.45, 2.75) is 29.8 Å². The minimum atomic E-state index is -1.14. The standard InChI is InChI=1S/C39H34N4O4S2/c44-33(23-27-13-5-1-6-14-27)41-34-36(45)43-35(38(46)47)32(26-49-37(34)43)48-22-21-28-24-40-42(25-28)39(29-15-7-2-8-16-29,30-17-9-3-10-18-30)31-19-11-4-12-20-31/h1-20,24-25,34,37H,21-23,26H2,(H,41,44)(H,46,47)/t34-,37+/m1/s1. The smallest absolute Gasteiger partial charge is 0.353 e. The van der Waals surface area contributed by atoms with Gasteiger partial charge in [0.1, 0.15) is 22.7 Å². The van der Waals surface area contributed by atoms with Crippen molar-refractivity contribution >= 4 is 41.3 Å². The molecule has 4 aromatic carbocycles. The third-order valence-corrected chi connectivity index (χ3v) is 11.4. The minimum absolute atomic E-state index is 0.0132. The van der Waals surface area contributed by atoms with Crippen molar-refractivity contribution in [3.05, 3.63) is 172 Å². The van der Waals surface area contributed by atoms with Crippen LogP contribution in [-0.2, 0) is 32.8 Å². The first-order valence-electron chi connectivity index (χ1n) is 16.0. The zero-order chi connectivity index (χ0) is 33.8. The topological polar surface area (TPSA) is 105 Å². The number of hydrogen-bond donors (Lipinski definition) is 2. The molecule has 0 bridgehead atoms. The normalized spacial score (nSPS) is 17.3. The van der Waals surface area contributed by atoms with Gasteiger partial charge in [0.2, 0.25) is 5.91 Å². The quantitative estimate of drug-likeness (QED) is 0.124. The molecule has 7 rings (SSSR count). The summed E-state index contributed by atoms with van der Waals surface area (Å²) in [4.78, 5) is 40.3. The Bertz CT molecular complexity index is 1890. The first-order valence-corrected chi connectivity index (χ1v) is 18.1. The molecule has 0 radical (unpaired) electrons. The van der Waals surface area contributed by atoms with Gasteiger partial charge >= 0.3 is 5.97 Å². The summed E-state index contributed by atoms with van der Waals surface area (Å²) in [6.07, 6.45) is 4.76. The van der Waals surface area contributed by atoms with Crippen LogP contribution in [0.4, 0.5) is 0 Å². The highest BCUT2D eigenvalue weighted by Gasteiger charge is 2.54. The number of rotatable bonds is 12. The minimum Gasteiger partial charge on any atom is -0.477 e. The van der Waals surface area contributed by atoms with Crippen molar-refractivity contribution in [2.75, 3.05) is 11.5 Å². The molecule has 1 fully saturated rings. The number of benzene rings is 4. The number of carbonyl (C=O) groups is 3. The van der Waals surface area contributed by atoms with E-state index in [2.05, 4.69) is 47.9 Å². The number of aryl methyl sites for hydroxylation is 1. The summed E-state index contributed by atoms with van der Waals surface area (Å²) >= 11 is 2.93. The molecule has 2 aliphatic rings. The number of thioether (sulfide) groups is 2. The highest BCUT2D eigenvalue weighted by atomic mass is 32.2. The average Bonchev–Trinajstić information content (AvgIpc) is 3.61. The van der Waals surface area contributed by atoms with Crippen molar-refractivity contribution in [3.8, 4) is 0 Å². The van der Waals surface area contributed by atoms with Crippen LogP contribution in [0.1, 0.15) is 27.8 Å². The van der Waals surface area contributed by atoms with E-state index < -0.39 is 28.8 Å². The lowest BCUT2D eigenvalue weighted by Crippen LogP contribution is -2.70. The number of carbonyl (C=O) groups excluding carboxylic acids is 2. The molecule has 2 atom stereocenters. The number of aromatic nitrogens is 2. The van der Waals surface area contributed by atoms with Gasteiger partial charge in [-0.15, -0.1) is 23.5 Å². The van der Waals surface area contributed by atoms with Gasteiger partial charge in [-0.1, -0.05) is 121 Å². The number of fused-ring (bicyclic) bond motifs is 1. The summed E-state index contributed by atoms with van der Waals surface area (Å²) in [5.41, 5.74) is 4.40. The van der Waals surface area contributed by atoms with Crippen molar-refractivity contribution in [1.29, 1.82) is 0 Å². The van der Waals surface area contributed by atoms with E-state index in [9.17, 15) is 19.5 Å². The van der Waals surface area contributed by atoms with E-state index in [4.69, 9.17) is 5.10 Å². The van der Waals surface area contributed by atoms with Crippen LogP contribution in [0.2, 0.25) is 0 Å². The molecule has 0 aliphatic carbocycles. The molecule has 246 valence electrons. The van der Waals surface area contributed by atoms with E-state index in [1.807, 2.05) is 95.8 Å². The van der Waals surface area contributed by atoms with Gasteiger partial charge in [-0.2, -0.15) is 5.10 Å². The summed E-state index contributed by atoms with van der Waals surface area (Å²) in [7, 11) is 0. The van der Waals surface area contributed by atoms with Gasteiger partial charge in [0.25, 0.3) is 5.91 Å². The van der Waals surface area contributed by atoms with E-state index in [1.165, 1.54) is 28.4 Å². The fourth-order valence-electron chi connectivity index (χ4n) is 6.61. The molecule has 2 N–H and O–H groups in total. The van der Waals surface area contributed by atoms with Crippen LogP contribution in [0.5, 0.6) is 0 Å². The second-order valence-electron chi connectivity index (χ2n) is 11.9. The van der Waals surface area contributed by atoms with Crippen LogP contribution in [0.25, 0.3) is 0 Å². The third-order valence-electron chi connectivity index (χ3n) is 8.88. The van der Waals surface area contributed by atoms with Crippen LogP contribution < -0.4 is 5.32 Å². The maximum absolute atomic E-state index is 13.2. The van der Waals surface area contributed by atoms with E-state index in [1.54, 1.807) is 0 Å². The lowest BCUT2D eigenvalue weighted by Gasteiger charge is -2.49. The molecule has 0 spiro atoms. The number of β-lactam (4-membered cyclic amide) rings is 1. The Balaban J connectivity index is 1.09. The summed E-state index contributed by atoms with van der Waals surface area (Å²) in [5.74, 6) is -0.736. The highest BCUT2D eigenvalue weighted by molar-refractivity contribution is 8.06. The first-order chi connectivity index (χ1) is 24.0. The van der Waals surface area contributed by atoms with Crippen molar-refractivity contribution in [3.63, 3.8) is 0 Å². The van der Waals surface area contributed by atoms with E-state index >= 15 is 0 Å². The molecule has 1 saturated heterocycles. The summed E-state index contributed by atoms with van der Waals surface area (Å²) in [5, 5.41) is 17.5. The van der Waals surface area contributed by atoms with Crippen LogP contribution >= 0.6 is 23.5 Å². The van der Waals surface area contributed by atoms with Crippen LogP contribution in [0, 0.1) is 0 Å². The number of hydrogen-bond acceptors (Lipinski definition) is 6. The molecule has 0 unspecified atom stereocenters. The molecular weight excluding hydrogens is 653 g/mol. The summed E-state index contributed by atoms with van der Waals surface area (Å²) < 4.78 is 2.03. The Morgan fingerprint density at radius 3 is 1.94 bits per heavy atom. The number of carboxylic acids is 1. The zero-order valence-electron chi connectivity index (χ0n) is 26.5. The van der Waals surface area contributed by atoms with Crippen molar-refractivity contribution in [2.24, 2.45) is 0 Å². The highest BCUT2D eigenvalue weighted by Crippen LogP contribution is 2.44. The predicted molar refractivity (Wildman–Crippen MR) is 193 cm³/mol. The van der Waals surface area contributed by atoms with Gasteiger partial charge in [-0.05, 0) is 34.2 Å². The fourth-order valence-corrected chi connectivity index (χ4v) is 9.24. The van der Waals surface area contributed by atoms with E-state index in [0.29, 0.717) is 22.8 Å². The second kappa shape index (κ2) is 14.2. The van der Waals surface area contributed by atoms with E-state index in [-0.39, 0.29) is 18.0 Å². The largest absolute Gasteiger partial charge is 0.477 e. The number of amides is 2. The second-order valence-corrected chi connectivity index (χ2v) is 14.2. The molecule has 0 saturated carbocycles. The van der Waals surface area contributed by atoms with Crippen LogP contribution in [0.15, 0.2) is 144 Å². The Morgan fingerprint density at radius 1 is 0.837 bits per heavy atom. The molecular formula is C39H34N4O4S2. The van der Waals surface area contributed by atoms with Gasteiger partial charge < -0.3 is 10.4 Å². The van der Waals surface area contributed by atoms with Crippen molar-refractivity contribution in [1.82, 2.24) is 20.0 Å². The molecule has 2 amide bonds. The number of carboxylic acid groups (broad SMARTS) is 1. The molecule has 8 nitrogen and oxygen atoms in total. The predicted octanol–water partition coefficient (Wildman–Crippen LogP) is 5.94. The fraction of sp³-hybridized carbons (Fsp3) is 0.179. The first kappa shape index (κ1) is 32.5. The Hall–Kier alpha value is -5.06. The third kappa shape index (κ3) is 6.29. The van der Waals surface area contributed by atoms with Gasteiger partial charge in [-0.3, -0.25) is 19.2 Å². The Labute approximate surface area is 293 Å². The molecule has 49 heavy (non-hydrogen) atoms. The van der Waals surface area contributed by atoms with Gasteiger partial charge in [0.05, 0.1) is 12.6 Å². The van der Waals surface area contributed by atoms with E-state index in [0.717, 1.165) is 27.8 Å².